The van der Waals surface area contributed by atoms with Gasteiger partial charge in [-0.1, -0.05) is 6.07 Å². The summed E-state index contributed by atoms with van der Waals surface area (Å²) in [5.74, 6) is -0.516. The maximum Gasteiger partial charge on any atom is 0.274 e. The molecule has 0 radical (unpaired) electrons. The van der Waals surface area contributed by atoms with E-state index in [1.807, 2.05) is 19.1 Å². The number of morpholine rings is 1. The first-order valence-electron chi connectivity index (χ1n) is 9.54. The number of aliphatic hydroxyl groups excluding tert-OH is 1. The van der Waals surface area contributed by atoms with Gasteiger partial charge >= 0.3 is 0 Å². The minimum Gasteiger partial charge on any atom is -0.395 e. The number of aromatic nitrogens is 3. The summed E-state index contributed by atoms with van der Waals surface area (Å²) in [5.41, 5.74) is 1.73. The fourth-order valence-corrected chi connectivity index (χ4v) is 4.47. The fourth-order valence-electron chi connectivity index (χ4n) is 3.36. The Balaban J connectivity index is 1.65. The van der Waals surface area contributed by atoms with Crippen LogP contribution < -0.4 is 5.32 Å². The van der Waals surface area contributed by atoms with Gasteiger partial charge in [-0.05, 0) is 13.0 Å². The first-order chi connectivity index (χ1) is 14.6. The molecule has 9 nitrogen and oxygen atoms in total. The monoisotopic (exact) mass is 427 g/mol. The van der Waals surface area contributed by atoms with Gasteiger partial charge in [-0.15, -0.1) is 11.3 Å². The molecule has 0 bridgehead atoms. The van der Waals surface area contributed by atoms with E-state index in [0.717, 1.165) is 15.9 Å². The number of hydrogen-bond acceptors (Lipinski definition) is 8. The lowest BCUT2D eigenvalue weighted by Gasteiger charge is -2.33. The van der Waals surface area contributed by atoms with Crippen molar-refractivity contribution in [1.29, 1.82) is 0 Å². The summed E-state index contributed by atoms with van der Waals surface area (Å²) in [6.45, 7) is 2.87. The minimum absolute atomic E-state index is 0.149. The number of rotatable bonds is 5. The van der Waals surface area contributed by atoms with E-state index < -0.39 is 6.10 Å². The zero-order valence-corrected chi connectivity index (χ0v) is 17.2. The molecular weight excluding hydrogens is 406 g/mol. The molecule has 1 aliphatic heterocycles. The quantitative estimate of drug-likeness (QED) is 0.631. The number of aliphatic hydroxyl groups is 1. The van der Waals surface area contributed by atoms with Gasteiger partial charge in [0.1, 0.15) is 21.5 Å². The number of fused-ring (bicyclic) bond motifs is 1. The summed E-state index contributed by atoms with van der Waals surface area (Å²) in [4.78, 5) is 41.2. The topological polar surface area (TPSA) is 118 Å². The van der Waals surface area contributed by atoms with Crippen LogP contribution in [0.3, 0.4) is 0 Å². The standard InChI is InChI=1S/C20H21N5O4S/c1-12-9-24-14(10-23-12)20(28)25-6-8-29-15(11-25)16-13-3-2-4-22-19(13)30-17(16)18(27)21-5-7-26/h2-4,9-10,15,26H,5-8,11H2,1H3,(H,21,27). The highest BCUT2D eigenvalue weighted by Gasteiger charge is 2.32. The number of aryl methyl sites for hydroxylation is 1. The normalized spacial score (nSPS) is 16.6. The van der Waals surface area contributed by atoms with E-state index in [1.54, 1.807) is 17.3 Å². The molecule has 1 atom stereocenters. The Kier molecular flexibility index (Phi) is 5.98. The molecule has 0 spiro atoms. The summed E-state index contributed by atoms with van der Waals surface area (Å²) in [6, 6.07) is 3.70. The number of hydrogen-bond donors (Lipinski definition) is 2. The Bertz CT molecular complexity index is 1070. The van der Waals surface area contributed by atoms with E-state index in [1.165, 1.54) is 17.5 Å². The molecule has 3 aromatic heterocycles. The number of thiophene rings is 1. The Morgan fingerprint density at radius 1 is 1.33 bits per heavy atom. The van der Waals surface area contributed by atoms with Crippen LogP contribution in [-0.2, 0) is 4.74 Å². The predicted octanol–water partition coefficient (Wildman–Crippen LogP) is 1.33. The smallest absolute Gasteiger partial charge is 0.274 e. The zero-order chi connectivity index (χ0) is 21.1. The fraction of sp³-hybridized carbons (Fsp3) is 0.350. The highest BCUT2D eigenvalue weighted by Crippen LogP contribution is 2.37. The first-order valence-corrected chi connectivity index (χ1v) is 10.4. The average Bonchev–Trinajstić information content (AvgIpc) is 3.17. The van der Waals surface area contributed by atoms with Gasteiger partial charge in [-0.25, -0.2) is 9.97 Å². The third-order valence-corrected chi connectivity index (χ3v) is 5.91. The van der Waals surface area contributed by atoms with Crippen molar-refractivity contribution in [3.05, 3.63) is 52.6 Å². The second-order valence-electron chi connectivity index (χ2n) is 6.83. The van der Waals surface area contributed by atoms with Crippen LogP contribution in [0.25, 0.3) is 10.2 Å². The van der Waals surface area contributed by atoms with Gasteiger partial charge in [0.25, 0.3) is 11.8 Å². The molecule has 4 rings (SSSR count). The lowest BCUT2D eigenvalue weighted by molar-refractivity contribution is -0.0224. The van der Waals surface area contributed by atoms with Gasteiger partial charge in [-0.2, -0.15) is 0 Å². The first kappa shape index (κ1) is 20.3. The molecule has 2 amide bonds. The van der Waals surface area contributed by atoms with E-state index in [9.17, 15) is 9.59 Å². The van der Waals surface area contributed by atoms with Crippen LogP contribution in [0.1, 0.15) is 37.5 Å². The molecule has 4 heterocycles. The van der Waals surface area contributed by atoms with Crippen molar-refractivity contribution < 1.29 is 19.4 Å². The lowest BCUT2D eigenvalue weighted by atomic mass is 10.0. The summed E-state index contributed by atoms with van der Waals surface area (Å²) in [6.07, 6.45) is 4.23. The average molecular weight is 427 g/mol. The van der Waals surface area contributed by atoms with E-state index in [4.69, 9.17) is 9.84 Å². The van der Waals surface area contributed by atoms with Crippen molar-refractivity contribution in [1.82, 2.24) is 25.2 Å². The zero-order valence-electron chi connectivity index (χ0n) is 16.4. The Hall–Kier alpha value is -2.95. The van der Waals surface area contributed by atoms with Crippen molar-refractivity contribution in [3.63, 3.8) is 0 Å². The van der Waals surface area contributed by atoms with Gasteiger partial charge in [0.15, 0.2) is 0 Å². The Morgan fingerprint density at radius 3 is 2.97 bits per heavy atom. The number of ether oxygens (including phenoxy) is 1. The Labute approximate surface area is 176 Å². The number of pyridine rings is 1. The van der Waals surface area contributed by atoms with E-state index in [2.05, 4.69) is 20.3 Å². The van der Waals surface area contributed by atoms with Crippen molar-refractivity contribution in [3.8, 4) is 0 Å². The second-order valence-corrected chi connectivity index (χ2v) is 7.83. The molecule has 30 heavy (non-hydrogen) atoms. The largest absolute Gasteiger partial charge is 0.395 e. The third-order valence-electron chi connectivity index (χ3n) is 4.78. The number of amides is 2. The maximum atomic E-state index is 12.9. The summed E-state index contributed by atoms with van der Waals surface area (Å²) in [5, 5.41) is 12.6. The Morgan fingerprint density at radius 2 is 2.20 bits per heavy atom. The van der Waals surface area contributed by atoms with E-state index in [-0.39, 0.29) is 37.2 Å². The molecule has 0 aromatic carbocycles. The van der Waals surface area contributed by atoms with Crippen LogP contribution in [0.2, 0.25) is 0 Å². The summed E-state index contributed by atoms with van der Waals surface area (Å²) in [7, 11) is 0. The molecule has 1 unspecified atom stereocenters. The summed E-state index contributed by atoms with van der Waals surface area (Å²) < 4.78 is 5.98. The number of nitrogens with one attached hydrogen (secondary N) is 1. The number of nitrogens with zero attached hydrogens (tertiary/aromatic N) is 4. The highest BCUT2D eigenvalue weighted by molar-refractivity contribution is 7.20. The third kappa shape index (κ3) is 4.02. The van der Waals surface area contributed by atoms with Gasteiger partial charge < -0.3 is 20.1 Å². The second kappa shape index (κ2) is 8.82. The van der Waals surface area contributed by atoms with E-state index in [0.29, 0.717) is 23.6 Å². The molecule has 1 aliphatic rings. The molecule has 0 saturated carbocycles. The highest BCUT2D eigenvalue weighted by atomic mass is 32.1. The van der Waals surface area contributed by atoms with Gasteiger partial charge in [-0.3, -0.25) is 14.6 Å². The van der Waals surface area contributed by atoms with Crippen LogP contribution in [0, 0.1) is 6.92 Å². The SMILES string of the molecule is Cc1cnc(C(=O)N2CCOC(c3c(C(=O)NCCO)sc4ncccc34)C2)cn1. The van der Waals surface area contributed by atoms with Crippen molar-refractivity contribution in [2.24, 2.45) is 0 Å². The van der Waals surface area contributed by atoms with E-state index >= 15 is 0 Å². The molecular formula is C20H21N5O4S. The van der Waals surface area contributed by atoms with Gasteiger partial charge in [0.2, 0.25) is 0 Å². The summed E-state index contributed by atoms with van der Waals surface area (Å²) >= 11 is 1.27. The van der Waals surface area contributed by atoms with Crippen molar-refractivity contribution in [2.75, 3.05) is 32.8 Å². The van der Waals surface area contributed by atoms with Crippen molar-refractivity contribution in [2.45, 2.75) is 13.0 Å². The van der Waals surface area contributed by atoms with Crippen molar-refractivity contribution >= 4 is 33.4 Å². The van der Waals surface area contributed by atoms with Gasteiger partial charge in [0, 0.05) is 36.4 Å². The maximum absolute atomic E-state index is 12.9. The number of carbonyl (C=O) groups excluding carboxylic acids is 2. The lowest BCUT2D eigenvalue weighted by Crippen LogP contribution is -2.43. The molecule has 1 fully saturated rings. The molecule has 2 N–H and O–H groups in total. The van der Waals surface area contributed by atoms with Crippen LogP contribution in [0.4, 0.5) is 0 Å². The van der Waals surface area contributed by atoms with Crippen LogP contribution in [0.5, 0.6) is 0 Å². The molecule has 1 saturated heterocycles. The predicted molar refractivity (Wildman–Crippen MR) is 110 cm³/mol. The molecule has 3 aromatic rings. The van der Waals surface area contributed by atoms with Crippen LogP contribution >= 0.6 is 11.3 Å². The minimum atomic E-state index is -0.478. The van der Waals surface area contributed by atoms with Crippen LogP contribution in [0.15, 0.2) is 30.7 Å². The molecule has 0 aliphatic carbocycles. The molecule has 156 valence electrons. The number of carbonyl (C=O) groups is 2. The molecule has 10 heteroatoms. The van der Waals surface area contributed by atoms with Crippen LogP contribution in [-0.4, -0.2) is 69.6 Å². The van der Waals surface area contributed by atoms with Gasteiger partial charge in [0.05, 0.1) is 31.6 Å².